The number of methoxy groups -OCH3 is 1. The van der Waals surface area contributed by atoms with Crippen LogP contribution in [0.3, 0.4) is 0 Å². The second-order valence-electron chi connectivity index (χ2n) is 5.09. The third-order valence-corrected chi connectivity index (χ3v) is 5.22. The molecule has 3 rings (SSSR count). The minimum Gasteiger partial charge on any atom is -0.496 e. The summed E-state index contributed by atoms with van der Waals surface area (Å²) in [7, 11) is 1.66. The molecule has 120 valence electrons. The summed E-state index contributed by atoms with van der Waals surface area (Å²) >= 11 is 5.15. The van der Waals surface area contributed by atoms with Gasteiger partial charge in [0.1, 0.15) is 11.4 Å². The van der Waals surface area contributed by atoms with Gasteiger partial charge in [0, 0.05) is 12.1 Å². The predicted molar refractivity (Wildman–Crippen MR) is 97.6 cm³/mol. The number of thiophene rings is 1. The van der Waals surface area contributed by atoms with Crippen molar-refractivity contribution in [2.75, 3.05) is 13.7 Å². The van der Waals surface area contributed by atoms with Gasteiger partial charge in [-0.05, 0) is 41.1 Å². The predicted octanol–water partition coefficient (Wildman–Crippen LogP) is 4.27. The lowest BCUT2D eigenvalue weighted by Gasteiger charge is -2.13. The van der Waals surface area contributed by atoms with Gasteiger partial charge in [0.05, 0.1) is 27.7 Å². The Morgan fingerprint density at radius 3 is 2.87 bits per heavy atom. The molecule has 0 spiro atoms. The van der Waals surface area contributed by atoms with Crippen molar-refractivity contribution in [2.45, 2.75) is 13.5 Å². The minimum absolute atomic E-state index is 0.0538. The third-order valence-electron chi connectivity index (χ3n) is 3.65. The van der Waals surface area contributed by atoms with Crippen LogP contribution in [0, 0.1) is 0 Å². The van der Waals surface area contributed by atoms with E-state index in [2.05, 4.69) is 27.3 Å². The molecule has 1 N–H and O–H groups in total. The summed E-state index contributed by atoms with van der Waals surface area (Å²) in [5, 5.41) is 2.88. The summed E-state index contributed by atoms with van der Waals surface area (Å²) < 4.78 is 9.62. The average molecular weight is 393 g/mol. The van der Waals surface area contributed by atoms with E-state index in [1.807, 2.05) is 41.8 Å². The molecule has 1 amide bonds. The molecule has 0 aliphatic rings. The first-order chi connectivity index (χ1) is 11.1. The highest BCUT2D eigenvalue weighted by Gasteiger charge is 2.18. The lowest BCUT2D eigenvalue weighted by Crippen LogP contribution is -2.25. The lowest BCUT2D eigenvalue weighted by molar-refractivity contribution is 0.0947. The van der Waals surface area contributed by atoms with E-state index in [0.29, 0.717) is 18.8 Å². The Kier molecular flexibility index (Phi) is 4.73. The molecule has 2 aromatic heterocycles. The molecule has 0 unspecified atom stereocenters. The Hall–Kier alpha value is -1.79. The van der Waals surface area contributed by atoms with Crippen molar-refractivity contribution in [1.82, 2.24) is 9.88 Å². The monoisotopic (exact) mass is 392 g/mol. The van der Waals surface area contributed by atoms with Gasteiger partial charge in [0.25, 0.3) is 5.91 Å². The Balaban J connectivity index is 2.09. The first-order valence-corrected chi connectivity index (χ1v) is 8.93. The Bertz CT molecular complexity index is 854. The van der Waals surface area contributed by atoms with Gasteiger partial charge in [-0.25, -0.2) is 0 Å². The van der Waals surface area contributed by atoms with Crippen LogP contribution in [0.15, 0.2) is 40.2 Å². The fraction of sp³-hybridized carbons (Fsp3) is 0.235. The zero-order valence-corrected chi connectivity index (χ0v) is 15.3. The largest absolute Gasteiger partial charge is 0.496 e. The smallest absolute Gasteiger partial charge is 0.267 e. The van der Waals surface area contributed by atoms with Crippen LogP contribution in [-0.2, 0) is 6.54 Å². The molecule has 2 heterocycles. The number of aromatic nitrogens is 1. The number of nitrogens with zero attached hydrogens (tertiary/aromatic N) is 1. The molecule has 0 atom stereocenters. The summed E-state index contributed by atoms with van der Waals surface area (Å²) in [4.78, 5) is 12.4. The molecular formula is C17H17BrN2O2S. The number of carbonyl (C=O) groups is 1. The first-order valence-electron chi connectivity index (χ1n) is 7.32. The van der Waals surface area contributed by atoms with E-state index in [1.165, 1.54) is 0 Å². The van der Waals surface area contributed by atoms with Gasteiger partial charge < -0.3 is 14.6 Å². The molecule has 4 nitrogen and oxygen atoms in total. The molecule has 6 heteroatoms. The van der Waals surface area contributed by atoms with E-state index < -0.39 is 0 Å². The molecule has 0 aliphatic heterocycles. The van der Waals surface area contributed by atoms with E-state index in [0.717, 1.165) is 25.3 Å². The minimum atomic E-state index is -0.0538. The SMILES string of the molecule is CCNC(=O)c1cc2sc(Br)cc2n1Cc1ccccc1OC. The van der Waals surface area contributed by atoms with Crippen molar-refractivity contribution >= 4 is 43.4 Å². The van der Waals surface area contributed by atoms with Crippen LogP contribution >= 0.6 is 27.3 Å². The molecule has 23 heavy (non-hydrogen) atoms. The lowest BCUT2D eigenvalue weighted by atomic mass is 10.2. The maximum Gasteiger partial charge on any atom is 0.267 e. The standard InChI is InChI=1S/C17H17BrN2O2S/c1-3-19-17(21)13-8-15-12(9-16(18)23-15)20(13)10-11-6-4-5-7-14(11)22-2/h4-9H,3,10H2,1-2H3,(H,19,21). The summed E-state index contributed by atoms with van der Waals surface area (Å²) in [5.41, 5.74) is 2.76. The van der Waals surface area contributed by atoms with Crippen LogP contribution < -0.4 is 10.1 Å². The van der Waals surface area contributed by atoms with Gasteiger partial charge in [0.15, 0.2) is 0 Å². The number of nitrogens with one attached hydrogen (secondary N) is 1. The van der Waals surface area contributed by atoms with Crippen LogP contribution in [0.1, 0.15) is 23.0 Å². The molecular weight excluding hydrogens is 376 g/mol. The molecule has 0 aliphatic carbocycles. The van der Waals surface area contributed by atoms with E-state index in [1.54, 1.807) is 18.4 Å². The molecule has 1 aromatic carbocycles. The highest BCUT2D eigenvalue weighted by Crippen LogP contribution is 2.33. The number of rotatable bonds is 5. The van der Waals surface area contributed by atoms with Crippen molar-refractivity contribution in [3.63, 3.8) is 0 Å². The second kappa shape index (κ2) is 6.76. The summed E-state index contributed by atoms with van der Waals surface area (Å²) in [6, 6.07) is 11.9. The topological polar surface area (TPSA) is 43.3 Å². The molecule has 0 saturated carbocycles. The number of hydrogen-bond acceptors (Lipinski definition) is 3. The van der Waals surface area contributed by atoms with Crippen molar-refractivity contribution in [3.05, 3.63) is 51.4 Å². The van der Waals surface area contributed by atoms with Crippen molar-refractivity contribution in [3.8, 4) is 5.75 Å². The number of carbonyl (C=O) groups excluding carboxylic acids is 1. The van der Waals surface area contributed by atoms with Crippen LogP contribution in [-0.4, -0.2) is 24.1 Å². The van der Waals surface area contributed by atoms with Crippen molar-refractivity contribution in [2.24, 2.45) is 0 Å². The van der Waals surface area contributed by atoms with Gasteiger partial charge >= 0.3 is 0 Å². The van der Waals surface area contributed by atoms with Crippen molar-refractivity contribution < 1.29 is 9.53 Å². The quantitative estimate of drug-likeness (QED) is 0.704. The van der Waals surface area contributed by atoms with E-state index in [9.17, 15) is 4.79 Å². The number of hydrogen-bond donors (Lipinski definition) is 1. The number of ether oxygens (including phenoxy) is 1. The highest BCUT2D eigenvalue weighted by atomic mass is 79.9. The number of benzene rings is 1. The number of fused-ring (bicyclic) bond motifs is 1. The van der Waals surface area contributed by atoms with E-state index in [4.69, 9.17) is 4.74 Å². The molecule has 0 radical (unpaired) electrons. The Labute approximate surface area is 147 Å². The molecule has 0 fully saturated rings. The first kappa shape index (κ1) is 16.1. The van der Waals surface area contributed by atoms with Crippen LogP contribution in [0.5, 0.6) is 5.75 Å². The highest BCUT2D eigenvalue weighted by molar-refractivity contribution is 9.11. The van der Waals surface area contributed by atoms with Crippen LogP contribution in [0.25, 0.3) is 10.2 Å². The van der Waals surface area contributed by atoms with Crippen molar-refractivity contribution in [1.29, 1.82) is 0 Å². The Morgan fingerprint density at radius 1 is 1.35 bits per heavy atom. The summed E-state index contributed by atoms with van der Waals surface area (Å²) in [6.45, 7) is 3.11. The van der Waals surface area contributed by atoms with Crippen LogP contribution in [0.4, 0.5) is 0 Å². The maximum atomic E-state index is 12.4. The van der Waals surface area contributed by atoms with E-state index in [-0.39, 0.29) is 5.91 Å². The molecule has 0 saturated heterocycles. The Morgan fingerprint density at radius 2 is 2.13 bits per heavy atom. The van der Waals surface area contributed by atoms with Gasteiger partial charge in [0.2, 0.25) is 0 Å². The second-order valence-corrected chi connectivity index (χ2v) is 7.55. The number of para-hydroxylation sites is 1. The fourth-order valence-electron chi connectivity index (χ4n) is 2.63. The maximum absolute atomic E-state index is 12.4. The third kappa shape index (κ3) is 3.14. The van der Waals surface area contributed by atoms with Gasteiger partial charge in [-0.3, -0.25) is 4.79 Å². The number of halogens is 1. The van der Waals surface area contributed by atoms with Gasteiger partial charge in [-0.15, -0.1) is 11.3 Å². The summed E-state index contributed by atoms with van der Waals surface area (Å²) in [5.74, 6) is 0.771. The zero-order chi connectivity index (χ0) is 16.4. The van der Waals surface area contributed by atoms with E-state index >= 15 is 0 Å². The van der Waals surface area contributed by atoms with Gasteiger partial charge in [-0.1, -0.05) is 18.2 Å². The zero-order valence-electron chi connectivity index (χ0n) is 12.9. The van der Waals surface area contributed by atoms with Crippen LogP contribution in [0.2, 0.25) is 0 Å². The fourth-order valence-corrected chi connectivity index (χ4v) is 4.19. The van der Waals surface area contributed by atoms with Gasteiger partial charge in [-0.2, -0.15) is 0 Å². The molecule has 3 aromatic rings. The normalized spacial score (nSPS) is 10.9. The average Bonchev–Trinajstić information content (AvgIpc) is 3.05. The molecule has 0 bridgehead atoms. The number of amides is 1. The summed E-state index contributed by atoms with van der Waals surface area (Å²) in [6.07, 6.45) is 0.